The Bertz CT molecular complexity index is 1530. The van der Waals surface area contributed by atoms with Crippen molar-refractivity contribution in [2.75, 3.05) is 18.1 Å². The number of rotatable bonds is 9. The standard InChI is InChI=1S/C22H20N8O6S2/c23-13(31)8-36-27-15(12-10-38-22(24)25-12)18(32)26-16-19(33)30-17(21(34)35)11(9-37-20(16)30)7-29-6-5-28-4-2-1-3-14(28)29/h1-6,10,16,20H,7-9H2,(H5-,23,24,25,26,31,32,34,35)/b27-15+/t16-,20-/m1/s1. The molecule has 2 aliphatic rings. The van der Waals surface area contributed by atoms with Gasteiger partial charge in [-0.05, 0) is 6.07 Å². The van der Waals surface area contributed by atoms with E-state index in [1.54, 1.807) is 0 Å². The number of carboxylic acid groups (broad SMARTS) is 1. The number of nitrogens with one attached hydrogen (secondary N) is 1. The number of anilines is 1. The molecule has 14 nitrogen and oxygen atoms in total. The van der Waals surface area contributed by atoms with Gasteiger partial charge in [-0.3, -0.25) is 19.3 Å². The third-order valence-corrected chi connectivity index (χ3v) is 7.81. The van der Waals surface area contributed by atoms with Gasteiger partial charge in [-0.15, -0.1) is 23.1 Å². The number of nitrogens with two attached hydrogens (primary N) is 2. The Balaban J connectivity index is 1.36. The summed E-state index contributed by atoms with van der Waals surface area (Å²) in [6, 6.07) is 4.60. The lowest BCUT2D eigenvalue weighted by atomic mass is 10.0. The van der Waals surface area contributed by atoms with Crippen molar-refractivity contribution >= 4 is 63.3 Å². The first kappa shape index (κ1) is 25.2. The van der Waals surface area contributed by atoms with Gasteiger partial charge in [-0.2, -0.15) is 0 Å². The lowest BCUT2D eigenvalue weighted by molar-refractivity contribution is -0.510. The average molecular weight is 557 g/mol. The Hall–Kier alpha value is -4.44. The summed E-state index contributed by atoms with van der Waals surface area (Å²) >= 11 is 2.36. The maximum Gasteiger partial charge on any atom is 0.286 e. The Morgan fingerprint density at radius 1 is 1.32 bits per heavy atom. The van der Waals surface area contributed by atoms with Gasteiger partial charge in [-0.25, -0.2) is 14.0 Å². The largest absolute Gasteiger partial charge is 0.543 e. The van der Waals surface area contributed by atoms with E-state index in [0.717, 1.165) is 21.9 Å². The van der Waals surface area contributed by atoms with Gasteiger partial charge in [0.2, 0.25) is 0 Å². The lowest BCUT2D eigenvalue weighted by Gasteiger charge is -2.50. The van der Waals surface area contributed by atoms with Gasteiger partial charge in [0.05, 0.1) is 17.9 Å². The number of carbonyl (C=O) groups is 4. The zero-order valence-electron chi connectivity index (χ0n) is 19.5. The van der Waals surface area contributed by atoms with Crippen LogP contribution in [0.1, 0.15) is 5.69 Å². The van der Waals surface area contributed by atoms with E-state index in [9.17, 15) is 24.3 Å². The Morgan fingerprint density at radius 2 is 2.13 bits per heavy atom. The number of nitrogen functional groups attached to an aromatic ring is 1. The molecule has 38 heavy (non-hydrogen) atoms. The van der Waals surface area contributed by atoms with Crippen molar-refractivity contribution in [3.8, 4) is 0 Å². The number of primary amides is 1. The number of hydrogen-bond acceptors (Lipinski definition) is 11. The van der Waals surface area contributed by atoms with Crippen molar-refractivity contribution in [3.05, 3.63) is 59.1 Å². The molecule has 5 N–H and O–H groups in total. The monoisotopic (exact) mass is 556 g/mol. The number of hydrogen-bond donors (Lipinski definition) is 3. The predicted octanol–water partition coefficient (Wildman–Crippen LogP) is -2.42. The third-order valence-electron chi connectivity index (χ3n) is 5.80. The van der Waals surface area contributed by atoms with E-state index in [1.807, 2.05) is 45.8 Å². The fraction of sp³-hybridized carbons (Fsp3) is 0.227. The maximum absolute atomic E-state index is 13.1. The Kier molecular flexibility index (Phi) is 6.73. The second kappa shape index (κ2) is 10.1. The molecule has 16 heteroatoms. The molecule has 0 radical (unpaired) electrons. The third kappa shape index (κ3) is 4.66. The molecule has 0 spiro atoms. The lowest BCUT2D eigenvalue weighted by Crippen LogP contribution is -2.71. The van der Waals surface area contributed by atoms with E-state index in [4.69, 9.17) is 16.3 Å². The molecule has 3 amide bonds. The molecule has 0 unspecified atom stereocenters. The fourth-order valence-corrected chi connectivity index (χ4v) is 6.03. The summed E-state index contributed by atoms with van der Waals surface area (Å²) in [7, 11) is 0. The molecule has 3 aromatic rings. The molecule has 5 rings (SSSR count). The number of pyridine rings is 1. The number of carboxylic acids is 1. The predicted molar refractivity (Wildman–Crippen MR) is 133 cm³/mol. The minimum atomic E-state index is -1.48. The minimum absolute atomic E-state index is 0.0730. The number of thioether (sulfide) groups is 1. The summed E-state index contributed by atoms with van der Waals surface area (Å²) in [6.45, 7) is -0.341. The molecule has 196 valence electrons. The molecule has 0 aromatic carbocycles. The summed E-state index contributed by atoms with van der Waals surface area (Å²) in [4.78, 5) is 59.2. The van der Waals surface area contributed by atoms with Crippen LogP contribution in [0.4, 0.5) is 5.13 Å². The van der Waals surface area contributed by atoms with E-state index in [0.29, 0.717) is 11.3 Å². The van der Waals surface area contributed by atoms with Crippen molar-refractivity contribution in [3.63, 3.8) is 0 Å². The first-order valence-electron chi connectivity index (χ1n) is 11.1. The molecular weight excluding hydrogens is 536 g/mol. The van der Waals surface area contributed by atoms with Crippen LogP contribution in [0.2, 0.25) is 0 Å². The van der Waals surface area contributed by atoms with Crippen molar-refractivity contribution in [1.29, 1.82) is 0 Å². The number of thiazole rings is 1. The number of β-lactam (4-membered cyclic amide) rings is 1. The van der Waals surface area contributed by atoms with Crippen LogP contribution in [-0.2, 0) is 30.6 Å². The smallest absolute Gasteiger partial charge is 0.286 e. The highest BCUT2D eigenvalue weighted by Crippen LogP contribution is 2.40. The Morgan fingerprint density at radius 3 is 2.84 bits per heavy atom. The van der Waals surface area contributed by atoms with Gasteiger partial charge in [0.1, 0.15) is 36.0 Å². The molecular formula is C22H20N8O6S2. The zero-order valence-corrected chi connectivity index (χ0v) is 21.1. The second-order valence-electron chi connectivity index (χ2n) is 8.24. The number of aliphatic carboxylic acids is 1. The quantitative estimate of drug-likeness (QED) is 0.111. The van der Waals surface area contributed by atoms with Crippen molar-refractivity contribution in [2.24, 2.45) is 10.9 Å². The molecule has 2 aliphatic heterocycles. The van der Waals surface area contributed by atoms with Gasteiger partial charge < -0.3 is 31.5 Å². The number of oxime groups is 1. The van der Waals surface area contributed by atoms with E-state index in [-0.39, 0.29) is 28.8 Å². The number of aromatic nitrogens is 3. The SMILES string of the molecule is NC(=O)CO/N=C(/C(=O)N[C@@H]1C(=O)N2C(C(=O)[O-])=C(Cn3cc[n+]4ccccc34)CS[C@H]12)c1csc(N)n1. The number of amides is 3. The first-order valence-corrected chi connectivity index (χ1v) is 13.0. The van der Waals surface area contributed by atoms with Crippen molar-refractivity contribution < 1.29 is 33.5 Å². The first-order chi connectivity index (χ1) is 18.2. The number of imidazole rings is 1. The summed E-state index contributed by atoms with van der Waals surface area (Å²) in [5, 5.41) is 19.3. The van der Waals surface area contributed by atoms with Crippen LogP contribution in [-0.4, -0.2) is 67.6 Å². The number of fused-ring (bicyclic) bond motifs is 2. The normalized spacial score (nSPS) is 19.2. The van der Waals surface area contributed by atoms with Gasteiger partial charge >= 0.3 is 0 Å². The molecule has 2 atom stereocenters. The highest BCUT2D eigenvalue weighted by Gasteiger charge is 2.53. The summed E-state index contributed by atoms with van der Waals surface area (Å²) in [5.41, 5.74) is 11.6. The summed E-state index contributed by atoms with van der Waals surface area (Å²) in [6.07, 6.45) is 5.53. The van der Waals surface area contributed by atoms with Crippen molar-refractivity contribution in [2.45, 2.75) is 18.0 Å². The highest BCUT2D eigenvalue weighted by molar-refractivity contribution is 8.00. The zero-order chi connectivity index (χ0) is 27.0. The summed E-state index contributed by atoms with van der Waals surface area (Å²) in [5.74, 6) is -3.42. The van der Waals surface area contributed by atoms with Crippen LogP contribution in [0.5, 0.6) is 0 Å². The number of nitrogens with zero attached hydrogens (tertiary/aromatic N) is 5. The molecule has 0 bridgehead atoms. The number of carbonyl (C=O) groups excluding carboxylic acids is 4. The van der Waals surface area contributed by atoms with Crippen LogP contribution in [0, 0.1) is 0 Å². The van der Waals surface area contributed by atoms with Crippen LogP contribution in [0.25, 0.3) is 5.65 Å². The van der Waals surface area contributed by atoms with Gasteiger partial charge in [0, 0.05) is 22.8 Å². The van der Waals surface area contributed by atoms with Crippen molar-refractivity contribution in [1.82, 2.24) is 19.8 Å². The molecule has 5 heterocycles. The van der Waals surface area contributed by atoms with Crippen LogP contribution < -0.4 is 26.3 Å². The topological polar surface area (TPSA) is 202 Å². The van der Waals surface area contributed by atoms with Crippen LogP contribution >= 0.6 is 23.1 Å². The Labute approximate surface area is 222 Å². The average Bonchev–Trinajstić information content (AvgIpc) is 3.50. The fourth-order valence-electron chi connectivity index (χ4n) is 4.15. The molecule has 1 fully saturated rings. The second-order valence-corrected chi connectivity index (χ2v) is 10.2. The molecule has 3 aromatic heterocycles. The van der Waals surface area contributed by atoms with Gasteiger partial charge in [0.15, 0.2) is 17.5 Å². The van der Waals surface area contributed by atoms with Crippen LogP contribution in [0.3, 0.4) is 0 Å². The molecule has 0 saturated carbocycles. The summed E-state index contributed by atoms with van der Waals surface area (Å²) < 4.78 is 3.76. The van der Waals surface area contributed by atoms with E-state index < -0.39 is 41.7 Å². The molecule has 0 aliphatic carbocycles. The van der Waals surface area contributed by atoms with E-state index >= 15 is 0 Å². The van der Waals surface area contributed by atoms with E-state index in [2.05, 4.69) is 15.5 Å². The molecule has 1 saturated heterocycles. The minimum Gasteiger partial charge on any atom is -0.543 e. The maximum atomic E-state index is 13.1. The van der Waals surface area contributed by atoms with Crippen LogP contribution in [0.15, 0.2) is 58.6 Å². The van der Waals surface area contributed by atoms with Gasteiger partial charge in [-0.1, -0.05) is 11.2 Å². The highest BCUT2D eigenvalue weighted by atomic mass is 32.2. The van der Waals surface area contributed by atoms with E-state index in [1.165, 1.54) is 17.1 Å². The van der Waals surface area contributed by atoms with Gasteiger partial charge in [0.25, 0.3) is 23.4 Å².